The van der Waals surface area contributed by atoms with Gasteiger partial charge in [0.2, 0.25) is 5.95 Å². The first-order chi connectivity index (χ1) is 16.6. The van der Waals surface area contributed by atoms with Gasteiger partial charge in [-0.05, 0) is 56.0 Å². The molecule has 2 aromatic heterocycles. The Labute approximate surface area is 203 Å². The van der Waals surface area contributed by atoms with Crippen LogP contribution in [0.2, 0.25) is 5.02 Å². The summed E-state index contributed by atoms with van der Waals surface area (Å²) >= 11 is 6.40. The van der Waals surface area contributed by atoms with Crippen molar-refractivity contribution in [3.05, 3.63) is 64.1 Å². The van der Waals surface area contributed by atoms with E-state index >= 15 is 0 Å². The molecule has 1 aromatic carbocycles. The van der Waals surface area contributed by atoms with Crippen LogP contribution in [0.15, 0.2) is 30.3 Å². The van der Waals surface area contributed by atoms with Crippen LogP contribution in [0, 0.1) is 12.9 Å². The van der Waals surface area contributed by atoms with Crippen LogP contribution in [0.1, 0.15) is 48.0 Å². The van der Waals surface area contributed by atoms with Gasteiger partial charge in [0.15, 0.2) is 5.82 Å². The molecule has 6 rings (SSSR count). The first-order valence-corrected chi connectivity index (χ1v) is 12.4. The van der Waals surface area contributed by atoms with Crippen molar-refractivity contribution >= 4 is 17.4 Å². The predicted octanol–water partition coefficient (Wildman–Crippen LogP) is 4.25. The minimum absolute atomic E-state index is 0.276. The number of ether oxygens (including phenoxy) is 1. The molecule has 2 saturated heterocycles. The molecule has 9 heteroatoms. The first-order valence-electron chi connectivity index (χ1n) is 12.0. The van der Waals surface area contributed by atoms with E-state index in [4.69, 9.17) is 21.4 Å². The van der Waals surface area contributed by atoms with Crippen molar-refractivity contribution in [1.29, 1.82) is 0 Å². The fraction of sp³-hybridized carbons (Fsp3) is 0.480. The molecule has 0 N–H and O–H groups in total. The van der Waals surface area contributed by atoms with Crippen molar-refractivity contribution in [2.75, 3.05) is 31.2 Å². The van der Waals surface area contributed by atoms with Crippen LogP contribution in [0.3, 0.4) is 0 Å². The van der Waals surface area contributed by atoms with E-state index in [0.29, 0.717) is 17.4 Å². The van der Waals surface area contributed by atoms with Crippen LogP contribution < -0.4 is 4.90 Å². The molecular weight excluding hydrogens is 455 g/mol. The SMILES string of the molecule is Cc1ccc(N2CCC(c3nnc4n3-c3ccc(Cl)cc3CN([C@H]3CCOC3)C4)CC2)nc1F. The van der Waals surface area contributed by atoms with E-state index in [9.17, 15) is 4.39 Å². The van der Waals surface area contributed by atoms with E-state index in [2.05, 4.69) is 36.6 Å². The van der Waals surface area contributed by atoms with E-state index in [1.807, 2.05) is 12.1 Å². The van der Waals surface area contributed by atoms with Crippen LogP contribution in [0.25, 0.3) is 5.69 Å². The van der Waals surface area contributed by atoms with Crippen LogP contribution in [-0.4, -0.2) is 57.0 Å². The lowest BCUT2D eigenvalue weighted by Gasteiger charge is -2.32. The average molecular weight is 483 g/mol. The third-order valence-electron chi connectivity index (χ3n) is 7.38. The van der Waals surface area contributed by atoms with Gasteiger partial charge in [-0.3, -0.25) is 9.47 Å². The molecule has 0 saturated carbocycles. The minimum Gasteiger partial charge on any atom is -0.380 e. The lowest BCUT2D eigenvalue weighted by molar-refractivity contribution is 0.133. The number of aryl methyl sites for hydroxylation is 1. The number of hydrogen-bond donors (Lipinski definition) is 0. The summed E-state index contributed by atoms with van der Waals surface area (Å²) in [5.74, 6) is 2.56. The van der Waals surface area contributed by atoms with Crippen molar-refractivity contribution in [1.82, 2.24) is 24.6 Å². The smallest absolute Gasteiger partial charge is 0.217 e. The zero-order valence-corrected chi connectivity index (χ0v) is 20.0. The van der Waals surface area contributed by atoms with Gasteiger partial charge in [0, 0.05) is 48.8 Å². The number of piperidine rings is 1. The Kier molecular flexibility index (Phi) is 5.75. The number of pyridine rings is 1. The maximum atomic E-state index is 14.0. The zero-order valence-electron chi connectivity index (χ0n) is 19.3. The van der Waals surface area contributed by atoms with Crippen molar-refractivity contribution in [2.24, 2.45) is 0 Å². The van der Waals surface area contributed by atoms with Crippen molar-refractivity contribution in [3.63, 3.8) is 0 Å². The molecule has 0 radical (unpaired) electrons. The molecule has 3 aliphatic rings. The van der Waals surface area contributed by atoms with E-state index in [-0.39, 0.29) is 5.92 Å². The van der Waals surface area contributed by atoms with E-state index in [1.165, 1.54) is 5.56 Å². The molecule has 0 bridgehead atoms. The van der Waals surface area contributed by atoms with Gasteiger partial charge in [-0.1, -0.05) is 17.7 Å². The highest BCUT2D eigenvalue weighted by atomic mass is 35.5. The van der Waals surface area contributed by atoms with Crippen LogP contribution in [-0.2, 0) is 17.8 Å². The molecule has 178 valence electrons. The number of aromatic nitrogens is 4. The summed E-state index contributed by atoms with van der Waals surface area (Å²) < 4.78 is 21.9. The molecular formula is C25H28ClFN6O. The molecule has 0 unspecified atom stereocenters. The van der Waals surface area contributed by atoms with E-state index in [0.717, 1.165) is 81.0 Å². The Bertz CT molecular complexity index is 1200. The molecule has 0 aliphatic carbocycles. The number of halogens is 2. The quantitative estimate of drug-likeness (QED) is 0.520. The van der Waals surface area contributed by atoms with Gasteiger partial charge in [-0.15, -0.1) is 10.2 Å². The summed E-state index contributed by atoms with van der Waals surface area (Å²) in [6.45, 7) is 6.46. The fourth-order valence-corrected chi connectivity index (χ4v) is 5.62. The Morgan fingerprint density at radius 1 is 1.06 bits per heavy atom. The largest absolute Gasteiger partial charge is 0.380 e. The first kappa shape index (κ1) is 21.9. The topological polar surface area (TPSA) is 59.3 Å². The molecule has 34 heavy (non-hydrogen) atoms. The van der Waals surface area contributed by atoms with E-state index in [1.54, 1.807) is 13.0 Å². The number of benzene rings is 1. The summed E-state index contributed by atoms with van der Waals surface area (Å²) in [6, 6.07) is 10.2. The number of fused-ring (bicyclic) bond motifs is 3. The average Bonchev–Trinajstić information content (AvgIpc) is 3.49. The van der Waals surface area contributed by atoms with Gasteiger partial charge >= 0.3 is 0 Å². The summed E-state index contributed by atoms with van der Waals surface area (Å²) in [4.78, 5) is 8.75. The van der Waals surface area contributed by atoms with Gasteiger partial charge in [0.05, 0.1) is 18.8 Å². The summed E-state index contributed by atoms with van der Waals surface area (Å²) in [7, 11) is 0. The Hall–Kier alpha value is -2.55. The molecule has 3 aliphatic heterocycles. The van der Waals surface area contributed by atoms with Gasteiger partial charge < -0.3 is 9.64 Å². The van der Waals surface area contributed by atoms with Gasteiger partial charge in [-0.2, -0.15) is 4.39 Å². The molecule has 2 fully saturated rings. The second kappa shape index (κ2) is 8.91. The lowest BCUT2D eigenvalue weighted by atomic mass is 9.95. The van der Waals surface area contributed by atoms with Crippen LogP contribution in [0.4, 0.5) is 10.2 Å². The zero-order chi connectivity index (χ0) is 23.2. The van der Waals surface area contributed by atoms with Crippen LogP contribution in [0.5, 0.6) is 0 Å². The van der Waals surface area contributed by atoms with Crippen LogP contribution >= 0.6 is 11.6 Å². The highest BCUT2D eigenvalue weighted by Crippen LogP contribution is 2.35. The molecule has 5 heterocycles. The van der Waals surface area contributed by atoms with Gasteiger partial charge in [0.25, 0.3) is 0 Å². The molecule has 0 spiro atoms. The molecule has 1 atom stereocenters. The third-order valence-corrected chi connectivity index (χ3v) is 7.62. The maximum Gasteiger partial charge on any atom is 0.217 e. The van der Waals surface area contributed by atoms with Crippen molar-refractivity contribution in [2.45, 2.75) is 51.2 Å². The Morgan fingerprint density at radius 3 is 2.68 bits per heavy atom. The second-order valence-corrected chi connectivity index (χ2v) is 9.98. The monoisotopic (exact) mass is 482 g/mol. The van der Waals surface area contributed by atoms with Gasteiger partial charge in [0.1, 0.15) is 11.6 Å². The molecule has 0 amide bonds. The summed E-state index contributed by atoms with van der Waals surface area (Å²) in [5.41, 5.74) is 2.88. The summed E-state index contributed by atoms with van der Waals surface area (Å²) in [6.07, 6.45) is 2.86. The maximum absolute atomic E-state index is 14.0. The fourth-order valence-electron chi connectivity index (χ4n) is 5.42. The van der Waals surface area contributed by atoms with Crippen molar-refractivity contribution < 1.29 is 9.13 Å². The van der Waals surface area contributed by atoms with Gasteiger partial charge in [-0.25, -0.2) is 4.98 Å². The number of rotatable bonds is 3. The highest BCUT2D eigenvalue weighted by molar-refractivity contribution is 6.30. The lowest BCUT2D eigenvalue weighted by Crippen LogP contribution is -2.34. The second-order valence-electron chi connectivity index (χ2n) is 9.54. The predicted molar refractivity (Wildman–Crippen MR) is 128 cm³/mol. The normalized spacial score (nSPS) is 21.4. The number of anilines is 1. The number of nitrogens with zero attached hydrogens (tertiary/aromatic N) is 6. The van der Waals surface area contributed by atoms with Crippen molar-refractivity contribution in [3.8, 4) is 5.69 Å². The Morgan fingerprint density at radius 2 is 1.91 bits per heavy atom. The standard InChI is InChI=1S/C25H28ClFN6O/c1-16-2-5-22(28-24(16)27)31-9-6-17(7-10-31)25-30-29-23-14-32(20-8-11-34-15-20)13-18-12-19(26)3-4-21(18)33(23)25/h2-5,12,17,20H,6-11,13-15H2,1H3/t20-/m0/s1. The third kappa shape index (κ3) is 3.97. The minimum atomic E-state index is -0.394. The highest BCUT2D eigenvalue weighted by Gasteiger charge is 2.33. The summed E-state index contributed by atoms with van der Waals surface area (Å²) in [5, 5.41) is 10.1. The van der Waals surface area contributed by atoms with E-state index < -0.39 is 5.95 Å². The molecule has 3 aromatic rings. The Balaban J connectivity index is 1.29. The number of hydrogen-bond acceptors (Lipinski definition) is 6. The molecule has 7 nitrogen and oxygen atoms in total.